The summed E-state index contributed by atoms with van der Waals surface area (Å²) >= 11 is 0. The summed E-state index contributed by atoms with van der Waals surface area (Å²) < 4.78 is 21.9. The lowest BCUT2D eigenvalue weighted by Gasteiger charge is -2.31. The van der Waals surface area contributed by atoms with E-state index >= 15 is 0 Å². The molecular weight excluding hydrogens is 572 g/mol. The maximum atomic E-state index is 5.49. The van der Waals surface area contributed by atoms with Gasteiger partial charge >= 0.3 is 0 Å². The molecule has 2 heterocycles. The average molecular weight is 611 g/mol. The van der Waals surface area contributed by atoms with Crippen LogP contribution in [0.3, 0.4) is 0 Å². The molecule has 2 aliphatic rings. The molecule has 0 atom stereocenters. The van der Waals surface area contributed by atoms with Crippen LogP contribution in [0.25, 0.3) is 43.8 Å². The minimum absolute atomic E-state index is 0.773. The molecule has 6 aromatic rings. The van der Waals surface area contributed by atoms with Crippen LogP contribution in [0.5, 0.6) is 23.0 Å². The molecule has 0 fully saturated rings. The number of benzene rings is 6. The second kappa shape index (κ2) is 11.9. The number of ether oxygens (including phenoxy) is 4. The summed E-state index contributed by atoms with van der Waals surface area (Å²) in [7, 11) is 11.0. The van der Waals surface area contributed by atoms with E-state index in [1.165, 1.54) is 66.3 Å². The Morgan fingerprint density at radius 2 is 0.804 bits per heavy atom. The monoisotopic (exact) mass is 610 g/mol. The zero-order chi connectivity index (χ0) is 31.9. The minimum Gasteiger partial charge on any atom is -0.493 e. The van der Waals surface area contributed by atoms with Crippen LogP contribution < -0.4 is 28.7 Å². The molecule has 6 aromatic carbocycles. The van der Waals surface area contributed by atoms with Crippen LogP contribution in [0.4, 0.5) is 11.4 Å². The SMILES string of the molecule is COc1cc2c(cc1OC)-c1ccc3ccccc3c1N(C)C2.COc1cc2c(cc1OC)-c1ccc3ccccc3c1N(C)C2. The standard InChI is InChI=1S/2C20H19NO2/c2*1-21-12-14-10-18(22-2)19(23-3)11-17(14)16-9-8-13-6-4-5-7-15(13)20(16)21/h2*4-11H,12H2,1-3H3. The van der Waals surface area contributed by atoms with Crippen LogP contribution in [0.15, 0.2) is 97.1 Å². The Kier molecular flexibility index (Phi) is 7.57. The highest BCUT2D eigenvalue weighted by Gasteiger charge is 2.25. The number of nitrogens with zero attached hydrogens (tertiary/aromatic N) is 2. The normalized spacial score (nSPS) is 12.7. The van der Waals surface area contributed by atoms with Crippen LogP contribution >= 0.6 is 0 Å². The van der Waals surface area contributed by atoms with E-state index in [0.29, 0.717) is 0 Å². The van der Waals surface area contributed by atoms with Crippen molar-refractivity contribution in [2.24, 2.45) is 0 Å². The van der Waals surface area contributed by atoms with Crippen molar-refractivity contribution in [1.29, 1.82) is 0 Å². The molecule has 0 radical (unpaired) electrons. The lowest BCUT2D eigenvalue weighted by Crippen LogP contribution is -2.22. The minimum atomic E-state index is 0.773. The van der Waals surface area contributed by atoms with Gasteiger partial charge in [0.25, 0.3) is 0 Å². The number of fused-ring (bicyclic) bond motifs is 10. The van der Waals surface area contributed by atoms with E-state index in [4.69, 9.17) is 18.9 Å². The predicted octanol–water partition coefficient (Wildman–Crippen LogP) is 8.95. The first-order valence-electron chi connectivity index (χ1n) is 15.4. The smallest absolute Gasteiger partial charge is 0.161 e. The van der Waals surface area contributed by atoms with Crippen molar-refractivity contribution in [3.05, 3.63) is 108 Å². The second-order valence-corrected chi connectivity index (χ2v) is 11.8. The topological polar surface area (TPSA) is 43.4 Å². The average Bonchev–Trinajstić information content (AvgIpc) is 3.10. The molecule has 0 amide bonds. The maximum absolute atomic E-state index is 5.49. The number of hydrogen-bond donors (Lipinski definition) is 0. The lowest BCUT2D eigenvalue weighted by molar-refractivity contribution is 0.354. The highest BCUT2D eigenvalue weighted by Crippen LogP contribution is 2.47. The third kappa shape index (κ3) is 4.81. The largest absolute Gasteiger partial charge is 0.493 e. The van der Waals surface area contributed by atoms with E-state index in [-0.39, 0.29) is 0 Å². The summed E-state index contributed by atoms with van der Waals surface area (Å²) in [6, 6.07) is 34.2. The molecule has 0 spiro atoms. The van der Waals surface area contributed by atoms with Crippen molar-refractivity contribution in [3.63, 3.8) is 0 Å². The third-order valence-electron chi connectivity index (χ3n) is 9.18. The fourth-order valence-corrected chi connectivity index (χ4v) is 7.04. The molecule has 0 aliphatic carbocycles. The Morgan fingerprint density at radius 1 is 0.435 bits per heavy atom. The Bertz CT molecular complexity index is 1950. The second-order valence-electron chi connectivity index (χ2n) is 11.8. The van der Waals surface area contributed by atoms with Gasteiger partial charge in [-0.1, -0.05) is 72.8 Å². The molecule has 0 N–H and O–H groups in total. The van der Waals surface area contributed by atoms with Crippen LogP contribution in [0, 0.1) is 0 Å². The van der Waals surface area contributed by atoms with Gasteiger partial charge in [-0.3, -0.25) is 0 Å². The molecule has 0 aromatic heterocycles. The molecule has 0 saturated carbocycles. The molecule has 0 bridgehead atoms. The van der Waals surface area contributed by atoms with E-state index in [9.17, 15) is 0 Å². The van der Waals surface area contributed by atoms with E-state index in [1.807, 2.05) is 0 Å². The van der Waals surface area contributed by atoms with Gasteiger partial charge in [0, 0.05) is 49.1 Å². The number of methoxy groups -OCH3 is 4. The Balaban J connectivity index is 0.000000147. The molecule has 232 valence electrons. The van der Waals surface area contributed by atoms with Crippen molar-refractivity contribution in [1.82, 2.24) is 0 Å². The number of anilines is 2. The van der Waals surface area contributed by atoms with Gasteiger partial charge in [0.1, 0.15) is 0 Å². The Morgan fingerprint density at radius 3 is 1.20 bits per heavy atom. The maximum Gasteiger partial charge on any atom is 0.161 e. The van der Waals surface area contributed by atoms with Crippen molar-refractivity contribution >= 4 is 32.9 Å². The van der Waals surface area contributed by atoms with Crippen molar-refractivity contribution in [2.45, 2.75) is 13.1 Å². The van der Waals surface area contributed by atoms with E-state index < -0.39 is 0 Å². The zero-order valence-corrected chi connectivity index (χ0v) is 27.2. The summed E-state index contributed by atoms with van der Waals surface area (Å²) in [5.74, 6) is 3.11. The molecular formula is C40H38N2O4. The van der Waals surface area contributed by atoms with Crippen molar-refractivity contribution in [2.75, 3.05) is 52.3 Å². The number of rotatable bonds is 4. The fraction of sp³-hybridized carbons (Fsp3) is 0.200. The summed E-state index contributed by atoms with van der Waals surface area (Å²) in [5, 5.41) is 5.10. The zero-order valence-electron chi connectivity index (χ0n) is 27.2. The molecule has 46 heavy (non-hydrogen) atoms. The van der Waals surface area contributed by atoms with Crippen LogP contribution in [0.1, 0.15) is 11.1 Å². The molecule has 6 heteroatoms. The number of hydrogen-bond acceptors (Lipinski definition) is 6. The van der Waals surface area contributed by atoms with Crippen molar-refractivity contribution in [3.8, 4) is 45.3 Å². The van der Waals surface area contributed by atoms with Gasteiger partial charge in [-0.25, -0.2) is 0 Å². The van der Waals surface area contributed by atoms with Crippen LogP contribution in [-0.4, -0.2) is 42.5 Å². The van der Waals surface area contributed by atoms with Crippen LogP contribution in [-0.2, 0) is 13.1 Å². The van der Waals surface area contributed by atoms with Gasteiger partial charge in [-0.2, -0.15) is 0 Å². The Labute approximate surface area is 270 Å². The van der Waals surface area contributed by atoms with Gasteiger partial charge in [-0.15, -0.1) is 0 Å². The predicted molar refractivity (Wildman–Crippen MR) is 189 cm³/mol. The van der Waals surface area contributed by atoms with E-state index in [2.05, 4.69) is 121 Å². The molecule has 8 rings (SSSR count). The van der Waals surface area contributed by atoms with Crippen molar-refractivity contribution < 1.29 is 18.9 Å². The first-order valence-corrected chi connectivity index (χ1v) is 15.4. The molecule has 0 unspecified atom stereocenters. The van der Waals surface area contributed by atoms with Gasteiger partial charge in [0.05, 0.1) is 39.8 Å². The lowest BCUT2D eigenvalue weighted by atomic mass is 9.90. The van der Waals surface area contributed by atoms with Gasteiger partial charge in [0.2, 0.25) is 0 Å². The molecule has 2 aliphatic heterocycles. The first kappa shape index (κ1) is 29.4. The fourth-order valence-electron chi connectivity index (χ4n) is 7.04. The van der Waals surface area contributed by atoms with Gasteiger partial charge < -0.3 is 28.7 Å². The van der Waals surface area contributed by atoms with Gasteiger partial charge in [0.15, 0.2) is 23.0 Å². The van der Waals surface area contributed by atoms with E-state index in [1.54, 1.807) is 28.4 Å². The summed E-state index contributed by atoms with van der Waals surface area (Å²) in [5.41, 5.74) is 10.0. The van der Waals surface area contributed by atoms with Crippen LogP contribution in [0.2, 0.25) is 0 Å². The van der Waals surface area contributed by atoms with Gasteiger partial charge in [-0.05, 0) is 57.3 Å². The first-order chi connectivity index (χ1) is 22.4. The highest BCUT2D eigenvalue weighted by atomic mass is 16.5. The third-order valence-corrected chi connectivity index (χ3v) is 9.18. The summed E-state index contributed by atoms with van der Waals surface area (Å²) in [6.45, 7) is 1.72. The summed E-state index contributed by atoms with van der Waals surface area (Å²) in [6.07, 6.45) is 0. The molecule has 6 nitrogen and oxygen atoms in total. The summed E-state index contributed by atoms with van der Waals surface area (Å²) in [4.78, 5) is 4.62. The van der Waals surface area contributed by atoms with E-state index in [0.717, 1.165) is 36.1 Å². The highest BCUT2D eigenvalue weighted by molar-refractivity contribution is 6.05. The molecule has 0 saturated heterocycles. The quantitative estimate of drug-likeness (QED) is 0.199. The Hall–Kier alpha value is -5.36.